The van der Waals surface area contributed by atoms with E-state index in [0.717, 1.165) is 0 Å². The van der Waals surface area contributed by atoms with Gasteiger partial charge in [-0.05, 0) is 5.34 Å². The van der Waals surface area contributed by atoms with Crippen molar-refractivity contribution in [3.05, 3.63) is 0 Å². The summed E-state index contributed by atoms with van der Waals surface area (Å²) in [5.41, 5.74) is 5.41. The number of hydrogen-bond donors (Lipinski definition) is 3. The minimum atomic E-state index is -0.301. The Morgan fingerprint density at radius 2 is 2.00 bits per heavy atom. The first-order valence-electron chi connectivity index (χ1n) is 3.55. The molecule has 0 aromatic carbocycles. The lowest BCUT2D eigenvalue weighted by Gasteiger charge is -2.27. The van der Waals surface area contributed by atoms with Crippen molar-refractivity contribution in [3.63, 3.8) is 0 Å². The van der Waals surface area contributed by atoms with Crippen molar-refractivity contribution < 1.29 is 15.2 Å². The topological polar surface area (TPSA) is 94.5 Å². The second-order valence-electron chi connectivity index (χ2n) is 2.33. The Hall–Kier alpha value is -1.05. The van der Waals surface area contributed by atoms with Crippen LogP contribution in [-0.2, 0) is 4.74 Å². The van der Waals surface area contributed by atoms with Crippen LogP contribution in [0.4, 0.5) is 0 Å². The van der Waals surface area contributed by atoms with Gasteiger partial charge < -0.3 is 15.4 Å². The largest absolute Gasteiger partial charge is 0.378 e. The molecular formula is C5H12N4O3. The van der Waals surface area contributed by atoms with Gasteiger partial charge in [-0.3, -0.25) is 0 Å². The van der Waals surface area contributed by atoms with Gasteiger partial charge in [-0.1, -0.05) is 5.10 Å². The molecule has 1 aliphatic rings. The summed E-state index contributed by atoms with van der Waals surface area (Å²) < 4.78 is 5.06. The van der Waals surface area contributed by atoms with E-state index in [1.165, 1.54) is 0 Å². The molecule has 0 unspecified atom stereocenters. The second kappa shape index (κ2) is 4.10. The van der Waals surface area contributed by atoms with Crippen molar-refractivity contribution in [3.8, 4) is 0 Å². The van der Waals surface area contributed by atoms with Gasteiger partial charge in [0.05, 0.1) is 13.2 Å². The first kappa shape index (κ1) is 9.04. The Morgan fingerprint density at radius 3 is 2.50 bits per heavy atom. The summed E-state index contributed by atoms with van der Waals surface area (Å²) >= 11 is 0. The Bertz CT molecular complexity index is 166. The number of hydrazone groups is 1. The van der Waals surface area contributed by atoms with Crippen molar-refractivity contribution >= 4 is 5.96 Å². The lowest BCUT2D eigenvalue weighted by molar-refractivity contribution is -0.308. The highest BCUT2D eigenvalue weighted by molar-refractivity contribution is 5.77. The van der Waals surface area contributed by atoms with E-state index in [0.29, 0.717) is 26.3 Å². The molecule has 1 rings (SSSR count). The third kappa shape index (κ3) is 2.53. The van der Waals surface area contributed by atoms with Gasteiger partial charge in [0.15, 0.2) is 0 Å². The SMILES string of the molecule is NC(=NN(O)O)N1CCOCC1. The first-order chi connectivity index (χ1) is 5.70. The van der Waals surface area contributed by atoms with E-state index in [-0.39, 0.29) is 11.3 Å². The molecule has 0 atom stereocenters. The number of guanidine groups is 1. The summed E-state index contributed by atoms with van der Waals surface area (Å²) in [5.74, 6) is 0.0725. The molecular weight excluding hydrogens is 164 g/mol. The van der Waals surface area contributed by atoms with Crippen LogP contribution in [0.5, 0.6) is 0 Å². The number of ether oxygens (including phenoxy) is 1. The number of morpholine rings is 1. The maximum atomic E-state index is 8.32. The zero-order chi connectivity index (χ0) is 8.97. The van der Waals surface area contributed by atoms with Crippen molar-refractivity contribution in [2.45, 2.75) is 0 Å². The molecule has 12 heavy (non-hydrogen) atoms. The van der Waals surface area contributed by atoms with E-state index in [4.69, 9.17) is 20.9 Å². The molecule has 0 radical (unpaired) electrons. The highest BCUT2D eigenvalue weighted by Crippen LogP contribution is 1.95. The fraction of sp³-hybridized carbons (Fsp3) is 0.800. The minimum absolute atomic E-state index is 0.0725. The van der Waals surface area contributed by atoms with E-state index in [2.05, 4.69) is 5.10 Å². The van der Waals surface area contributed by atoms with E-state index >= 15 is 0 Å². The summed E-state index contributed by atoms with van der Waals surface area (Å²) in [7, 11) is 0. The molecule has 0 amide bonds. The average molecular weight is 176 g/mol. The lowest BCUT2D eigenvalue weighted by atomic mass is 10.4. The van der Waals surface area contributed by atoms with Crippen LogP contribution in [0.3, 0.4) is 0 Å². The van der Waals surface area contributed by atoms with Gasteiger partial charge in [-0.15, -0.1) is 0 Å². The molecule has 4 N–H and O–H groups in total. The molecule has 0 aliphatic carbocycles. The molecule has 1 fully saturated rings. The highest BCUT2D eigenvalue weighted by Gasteiger charge is 2.12. The fourth-order valence-electron chi connectivity index (χ4n) is 0.947. The predicted octanol–water partition coefficient (Wildman–Crippen LogP) is -1.37. The first-order valence-corrected chi connectivity index (χ1v) is 3.55. The Balaban J connectivity index is 2.44. The van der Waals surface area contributed by atoms with E-state index in [9.17, 15) is 0 Å². The van der Waals surface area contributed by atoms with Gasteiger partial charge in [0, 0.05) is 13.1 Å². The molecule has 0 aromatic rings. The van der Waals surface area contributed by atoms with Gasteiger partial charge in [-0.25, -0.2) is 10.4 Å². The highest BCUT2D eigenvalue weighted by atomic mass is 16.8. The Morgan fingerprint density at radius 1 is 1.42 bits per heavy atom. The smallest absolute Gasteiger partial charge is 0.219 e. The monoisotopic (exact) mass is 176 g/mol. The average Bonchev–Trinajstić information content (AvgIpc) is 2.05. The van der Waals surface area contributed by atoms with Crippen molar-refractivity contribution in [2.75, 3.05) is 26.3 Å². The zero-order valence-corrected chi connectivity index (χ0v) is 6.55. The van der Waals surface area contributed by atoms with Crippen molar-refractivity contribution in [1.82, 2.24) is 10.2 Å². The Kier molecular flexibility index (Phi) is 3.09. The number of nitrogens with two attached hydrogens (primary N) is 1. The van der Waals surface area contributed by atoms with Crippen LogP contribution in [0, 0.1) is 0 Å². The lowest BCUT2D eigenvalue weighted by Crippen LogP contribution is -2.45. The predicted molar refractivity (Wildman–Crippen MR) is 39.4 cm³/mol. The maximum Gasteiger partial charge on any atom is 0.219 e. The molecule has 7 nitrogen and oxygen atoms in total. The molecule has 0 aromatic heterocycles. The molecule has 1 aliphatic heterocycles. The van der Waals surface area contributed by atoms with E-state index in [1.807, 2.05) is 0 Å². The maximum absolute atomic E-state index is 8.32. The van der Waals surface area contributed by atoms with Gasteiger partial charge in [-0.2, -0.15) is 0 Å². The normalized spacial score (nSPS) is 19.5. The molecule has 70 valence electrons. The number of nitrogens with zero attached hydrogens (tertiary/aromatic N) is 3. The number of rotatable bonds is 1. The number of hydrogen-bond acceptors (Lipinski definition) is 5. The standard InChI is InChI=1S/C5H12N4O3/c6-5(7-9(10)11)8-1-3-12-4-2-8/h10-11H,1-4H2,(H2,6,7). The van der Waals surface area contributed by atoms with Gasteiger partial charge in [0.2, 0.25) is 5.96 Å². The van der Waals surface area contributed by atoms with Crippen LogP contribution >= 0.6 is 0 Å². The van der Waals surface area contributed by atoms with E-state index < -0.39 is 0 Å². The summed E-state index contributed by atoms with van der Waals surface area (Å²) in [6.07, 6.45) is 0. The van der Waals surface area contributed by atoms with Gasteiger partial charge in [0.1, 0.15) is 0 Å². The Labute approximate surface area is 69.5 Å². The minimum Gasteiger partial charge on any atom is -0.378 e. The van der Waals surface area contributed by atoms with Crippen LogP contribution in [-0.4, -0.2) is 52.9 Å². The van der Waals surface area contributed by atoms with Crippen LogP contribution in [0.15, 0.2) is 5.10 Å². The summed E-state index contributed by atoms with van der Waals surface area (Å²) in [6, 6.07) is 0. The molecule has 1 heterocycles. The van der Waals surface area contributed by atoms with E-state index in [1.54, 1.807) is 4.90 Å². The summed E-state index contributed by atoms with van der Waals surface area (Å²) in [5, 5.41) is 19.5. The third-order valence-corrected chi connectivity index (χ3v) is 1.53. The zero-order valence-electron chi connectivity index (χ0n) is 6.55. The van der Waals surface area contributed by atoms with Crippen molar-refractivity contribution in [1.29, 1.82) is 0 Å². The van der Waals surface area contributed by atoms with Crippen LogP contribution in [0.2, 0.25) is 0 Å². The summed E-state index contributed by atoms with van der Waals surface area (Å²) in [6.45, 7) is 2.38. The second-order valence-corrected chi connectivity index (χ2v) is 2.33. The molecule has 1 saturated heterocycles. The summed E-state index contributed by atoms with van der Waals surface area (Å²) in [4.78, 5) is 1.70. The van der Waals surface area contributed by atoms with Crippen molar-refractivity contribution in [2.24, 2.45) is 10.8 Å². The van der Waals surface area contributed by atoms with Gasteiger partial charge >= 0.3 is 0 Å². The fourth-order valence-corrected chi connectivity index (χ4v) is 0.947. The molecule has 0 spiro atoms. The quantitative estimate of drug-likeness (QED) is 0.259. The third-order valence-electron chi connectivity index (χ3n) is 1.53. The molecule has 0 saturated carbocycles. The van der Waals surface area contributed by atoms with Crippen LogP contribution in [0.25, 0.3) is 0 Å². The molecule has 7 heteroatoms. The van der Waals surface area contributed by atoms with Crippen LogP contribution in [0.1, 0.15) is 0 Å². The van der Waals surface area contributed by atoms with Gasteiger partial charge in [0.25, 0.3) is 0 Å². The van der Waals surface area contributed by atoms with Crippen LogP contribution < -0.4 is 5.73 Å². The molecule has 0 bridgehead atoms.